The SMILES string of the molecule is CCc1cccc(Nc2ccnc(F)c2)c1. The molecule has 0 saturated heterocycles. The second kappa shape index (κ2) is 4.75. The van der Waals surface area contributed by atoms with Gasteiger partial charge in [-0.15, -0.1) is 0 Å². The maximum Gasteiger partial charge on any atom is 0.214 e. The summed E-state index contributed by atoms with van der Waals surface area (Å²) in [6, 6.07) is 11.2. The lowest BCUT2D eigenvalue weighted by molar-refractivity contribution is 0.584. The summed E-state index contributed by atoms with van der Waals surface area (Å²) >= 11 is 0. The van der Waals surface area contributed by atoms with Gasteiger partial charge in [-0.2, -0.15) is 4.39 Å². The number of hydrogen-bond donors (Lipinski definition) is 1. The fraction of sp³-hybridized carbons (Fsp3) is 0.154. The van der Waals surface area contributed by atoms with E-state index in [1.54, 1.807) is 6.07 Å². The first kappa shape index (κ1) is 10.6. The van der Waals surface area contributed by atoms with Crippen LogP contribution in [0.4, 0.5) is 15.8 Å². The van der Waals surface area contributed by atoms with Crippen molar-refractivity contribution in [3.8, 4) is 0 Å². The molecule has 1 aromatic carbocycles. The van der Waals surface area contributed by atoms with Crippen LogP contribution in [0, 0.1) is 5.95 Å². The average molecular weight is 216 g/mol. The van der Waals surface area contributed by atoms with E-state index in [0.29, 0.717) is 5.69 Å². The molecule has 0 saturated carbocycles. The summed E-state index contributed by atoms with van der Waals surface area (Å²) < 4.78 is 12.9. The van der Waals surface area contributed by atoms with Crippen molar-refractivity contribution >= 4 is 11.4 Å². The van der Waals surface area contributed by atoms with Crippen LogP contribution in [-0.4, -0.2) is 4.98 Å². The molecule has 1 aromatic heterocycles. The molecule has 16 heavy (non-hydrogen) atoms. The third kappa shape index (κ3) is 2.57. The van der Waals surface area contributed by atoms with Crippen LogP contribution in [0.15, 0.2) is 42.6 Å². The topological polar surface area (TPSA) is 24.9 Å². The van der Waals surface area contributed by atoms with Crippen LogP contribution in [0.1, 0.15) is 12.5 Å². The maximum absolute atomic E-state index is 12.9. The van der Waals surface area contributed by atoms with Gasteiger partial charge < -0.3 is 5.32 Å². The monoisotopic (exact) mass is 216 g/mol. The van der Waals surface area contributed by atoms with Crippen molar-refractivity contribution in [1.29, 1.82) is 0 Å². The van der Waals surface area contributed by atoms with Crippen molar-refractivity contribution < 1.29 is 4.39 Å². The Morgan fingerprint density at radius 2 is 2.00 bits per heavy atom. The summed E-state index contributed by atoms with van der Waals surface area (Å²) in [5.74, 6) is -0.475. The summed E-state index contributed by atoms with van der Waals surface area (Å²) in [6.45, 7) is 2.10. The number of hydrogen-bond acceptors (Lipinski definition) is 2. The summed E-state index contributed by atoms with van der Waals surface area (Å²) in [6.07, 6.45) is 2.43. The maximum atomic E-state index is 12.9. The summed E-state index contributed by atoms with van der Waals surface area (Å²) in [7, 11) is 0. The Kier molecular flexibility index (Phi) is 3.15. The lowest BCUT2D eigenvalue weighted by Crippen LogP contribution is -1.93. The molecule has 0 atom stereocenters. The Bertz CT molecular complexity index is 483. The number of nitrogens with one attached hydrogen (secondary N) is 1. The molecule has 0 radical (unpaired) electrons. The van der Waals surface area contributed by atoms with E-state index in [1.807, 2.05) is 12.1 Å². The molecule has 1 N–H and O–H groups in total. The molecule has 82 valence electrons. The number of nitrogens with zero attached hydrogens (tertiary/aromatic N) is 1. The van der Waals surface area contributed by atoms with E-state index >= 15 is 0 Å². The minimum absolute atomic E-state index is 0.475. The first-order chi connectivity index (χ1) is 7.78. The van der Waals surface area contributed by atoms with E-state index in [1.165, 1.54) is 17.8 Å². The van der Waals surface area contributed by atoms with Gasteiger partial charge in [-0.3, -0.25) is 0 Å². The Hall–Kier alpha value is -1.90. The molecule has 0 unspecified atom stereocenters. The summed E-state index contributed by atoms with van der Waals surface area (Å²) in [4.78, 5) is 3.51. The van der Waals surface area contributed by atoms with Crippen LogP contribution in [-0.2, 0) is 6.42 Å². The van der Waals surface area contributed by atoms with E-state index in [2.05, 4.69) is 29.4 Å². The van der Waals surface area contributed by atoms with E-state index in [9.17, 15) is 4.39 Å². The Balaban J connectivity index is 2.20. The molecule has 2 nitrogen and oxygen atoms in total. The molecule has 0 aliphatic heterocycles. The summed E-state index contributed by atoms with van der Waals surface area (Å²) in [5.41, 5.74) is 2.92. The zero-order valence-electron chi connectivity index (χ0n) is 9.07. The predicted molar refractivity (Wildman–Crippen MR) is 63.3 cm³/mol. The molecular weight excluding hydrogens is 203 g/mol. The standard InChI is InChI=1S/C13H13FN2/c1-2-10-4-3-5-11(8-10)16-12-6-7-15-13(14)9-12/h3-9H,2H2,1H3,(H,15,16). The van der Waals surface area contributed by atoms with Crippen molar-refractivity contribution in [2.24, 2.45) is 0 Å². The molecular formula is C13H13FN2. The smallest absolute Gasteiger partial charge is 0.214 e. The normalized spacial score (nSPS) is 10.1. The van der Waals surface area contributed by atoms with Gasteiger partial charge in [0.05, 0.1) is 0 Å². The highest BCUT2D eigenvalue weighted by Gasteiger charge is 1.97. The van der Waals surface area contributed by atoms with Crippen molar-refractivity contribution in [3.05, 3.63) is 54.1 Å². The molecule has 0 bridgehead atoms. The summed E-state index contributed by atoms with van der Waals surface area (Å²) in [5, 5.41) is 3.14. The van der Waals surface area contributed by atoms with Gasteiger partial charge >= 0.3 is 0 Å². The number of aromatic nitrogens is 1. The van der Waals surface area contributed by atoms with Crippen LogP contribution in [0.25, 0.3) is 0 Å². The van der Waals surface area contributed by atoms with Gasteiger partial charge in [-0.25, -0.2) is 4.98 Å². The van der Waals surface area contributed by atoms with Gasteiger partial charge in [0.15, 0.2) is 0 Å². The molecule has 2 rings (SSSR count). The van der Waals surface area contributed by atoms with Crippen LogP contribution < -0.4 is 5.32 Å². The van der Waals surface area contributed by atoms with Crippen LogP contribution in [0.2, 0.25) is 0 Å². The molecule has 2 aromatic rings. The van der Waals surface area contributed by atoms with Gasteiger partial charge in [-0.05, 0) is 30.2 Å². The van der Waals surface area contributed by atoms with Gasteiger partial charge in [0.25, 0.3) is 0 Å². The van der Waals surface area contributed by atoms with E-state index in [4.69, 9.17) is 0 Å². The molecule has 0 aliphatic carbocycles. The van der Waals surface area contributed by atoms with Crippen molar-refractivity contribution in [3.63, 3.8) is 0 Å². The molecule has 0 spiro atoms. The fourth-order valence-corrected chi connectivity index (χ4v) is 1.52. The predicted octanol–water partition coefficient (Wildman–Crippen LogP) is 3.53. The highest BCUT2D eigenvalue weighted by molar-refractivity contribution is 5.59. The number of benzene rings is 1. The number of rotatable bonds is 3. The van der Waals surface area contributed by atoms with Crippen LogP contribution >= 0.6 is 0 Å². The molecule has 0 amide bonds. The Morgan fingerprint density at radius 3 is 2.75 bits per heavy atom. The second-order valence-corrected chi connectivity index (χ2v) is 3.55. The van der Waals surface area contributed by atoms with Gasteiger partial charge in [-0.1, -0.05) is 19.1 Å². The largest absolute Gasteiger partial charge is 0.355 e. The van der Waals surface area contributed by atoms with Crippen molar-refractivity contribution in [1.82, 2.24) is 4.98 Å². The lowest BCUT2D eigenvalue weighted by Gasteiger charge is -2.07. The molecule has 1 heterocycles. The molecule has 0 fully saturated rings. The zero-order chi connectivity index (χ0) is 11.4. The van der Waals surface area contributed by atoms with E-state index < -0.39 is 5.95 Å². The van der Waals surface area contributed by atoms with Crippen LogP contribution in [0.3, 0.4) is 0 Å². The molecule has 0 aliphatic rings. The van der Waals surface area contributed by atoms with Gasteiger partial charge in [0.2, 0.25) is 5.95 Å². The van der Waals surface area contributed by atoms with Crippen molar-refractivity contribution in [2.45, 2.75) is 13.3 Å². The first-order valence-electron chi connectivity index (χ1n) is 5.25. The van der Waals surface area contributed by atoms with Crippen molar-refractivity contribution in [2.75, 3.05) is 5.32 Å². The third-order valence-electron chi connectivity index (χ3n) is 2.35. The minimum atomic E-state index is -0.475. The number of anilines is 2. The quantitative estimate of drug-likeness (QED) is 0.794. The highest BCUT2D eigenvalue weighted by Crippen LogP contribution is 2.17. The average Bonchev–Trinajstić information content (AvgIpc) is 2.29. The Labute approximate surface area is 94.2 Å². The van der Waals surface area contributed by atoms with Crippen LogP contribution in [0.5, 0.6) is 0 Å². The fourth-order valence-electron chi connectivity index (χ4n) is 1.52. The molecule has 3 heteroatoms. The minimum Gasteiger partial charge on any atom is -0.355 e. The van der Waals surface area contributed by atoms with Gasteiger partial charge in [0, 0.05) is 23.6 Å². The highest BCUT2D eigenvalue weighted by atomic mass is 19.1. The zero-order valence-corrected chi connectivity index (χ0v) is 9.07. The number of aryl methyl sites for hydroxylation is 1. The number of halogens is 1. The third-order valence-corrected chi connectivity index (χ3v) is 2.35. The second-order valence-electron chi connectivity index (χ2n) is 3.55. The van der Waals surface area contributed by atoms with Gasteiger partial charge in [0.1, 0.15) is 0 Å². The lowest BCUT2D eigenvalue weighted by atomic mass is 10.1. The number of pyridine rings is 1. The van der Waals surface area contributed by atoms with E-state index in [-0.39, 0.29) is 0 Å². The van der Waals surface area contributed by atoms with E-state index in [0.717, 1.165) is 12.1 Å². The first-order valence-corrected chi connectivity index (χ1v) is 5.25. The Morgan fingerprint density at radius 1 is 1.19 bits per heavy atom.